The largest absolute Gasteiger partial charge is 0.361 e. The molecule has 0 bridgehead atoms. The SMILES string of the molecule is CNC(=O)C(Cc1c[nH]c2ccccc12)SSC(Cc1c[nH]c2ccccc12)C(=O)NC. The summed E-state index contributed by atoms with van der Waals surface area (Å²) in [5.74, 6) is -0.0916. The minimum atomic E-state index is -0.320. The van der Waals surface area contributed by atoms with Gasteiger partial charge in [0.05, 0.1) is 10.5 Å². The normalized spacial score (nSPS) is 13.2. The molecule has 166 valence electrons. The van der Waals surface area contributed by atoms with Crippen molar-refractivity contribution in [1.82, 2.24) is 20.6 Å². The number of nitrogens with one attached hydrogen (secondary N) is 4. The summed E-state index contributed by atoms with van der Waals surface area (Å²) in [6, 6.07) is 16.1. The minimum Gasteiger partial charge on any atom is -0.361 e. The van der Waals surface area contributed by atoms with Crippen LogP contribution < -0.4 is 10.6 Å². The van der Waals surface area contributed by atoms with Crippen LogP contribution in [0.4, 0.5) is 0 Å². The molecule has 0 aliphatic carbocycles. The smallest absolute Gasteiger partial charge is 0.234 e. The number of amides is 2. The summed E-state index contributed by atoms with van der Waals surface area (Å²) in [6.45, 7) is 0. The van der Waals surface area contributed by atoms with Gasteiger partial charge in [0.2, 0.25) is 11.8 Å². The van der Waals surface area contributed by atoms with Crippen molar-refractivity contribution in [1.29, 1.82) is 0 Å². The zero-order valence-corrected chi connectivity index (χ0v) is 19.6. The zero-order valence-electron chi connectivity index (χ0n) is 18.0. The molecule has 2 atom stereocenters. The van der Waals surface area contributed by atoms with Gasteiger partial charge in [0.15, 0.2) is 0 Å². The van der Waals surface area contributed by atoms with E-state index in [2.05, 4.69) is 32.7 Å². The highest BCUT2D eigenvalue weighted by molar-refractivity contribution is 8.77. The molecule has 0 aliphatic rings. The number of hydrogen-bond acceptors (Lipinski definition) is 4. The maximum atomic E-state index is 12.7. The number of fused-ring (bicyclic) bond motifs is 2. The van der Waals surface area contributed by atoms with E-state index in [1.165, 1.54) is 21.6 Å². The van der Waals surface area contributed by atoms with Crippen LogP contribution in [0.5, 0.6) is 0 Å². The van der Waals surface area contributed by atoms with E-state index in [0.29, 0.717) is 12.8 Å². The first-order chi connectivity index (χ1) is 15.6. The Morgan fingerprint density at radius 3 is 1.56 bits per heavy atom. The highest BCUT2D eigenvalue weighted by Gasteiger charge is 2.26. The third kappa shape index (κ3) is 4.81. The summed E-state index contributed by atoms with van der Waals surface area (Å²) in [5, 5.41) is 7.14. The molecule has 2 heterocycles. The third-order valence-electron chi connectivity index (χ3n) is 5.53. The third-order valence-corrected chi connectivity index (χ3v) is 8.59. The molecule has 2 unspecified atom stereocenters. The van der Waals surface area contributed by atoms with Gasteiger partial charge in [0.1, 0.15) is 0 Å². The average Bonchev–Trinajstić information content (AvgIpc) is 3.44. The summed E-state index contributed by atoms with van der Waals surface area (Å²) in [7, 11) is 6.22. The van der Waals surface area contributed by atoms with Gasteiger partial charge in [0, 0.05) is 48.3 Å². The molecule has 2 amide bonds. The molecule has 0 radical (unpaired) electrons. The standard InChI is InChI=1S/C24H26N4O2S2/c1-25-23(29)21(11-15-13-27-19-9-5-3-7-17(15)19)31-32-22(24(30)26-2)12-16-14-28-20-10-6-4-8-18(16)20/h3-10,13-14,21-22,27-28H,11-12H2,1-2H3,(H,25,29)(H,26,30). The van der Waals surface area contributed by atoms with Crippen LogP contribution in [-0.2, 0) is 22.4 Å². The van der Waals surface area contributed by atoms with Crippen molar-refractivity contribution < 1.29 is 9.59 Å². The fourth-order valence-corrected chi connectivity index (χ4v) is 6.71. The molecule has 0 spiro atoms. The van der Waals surface area contributed by atoms with Gasteiger partial charge in [-0.2, -0.15) is 0 Å². The van der Waals surface area contributed by atoms with E-state index in [-0.39, 0.29) is 22.3 Å². The molecular formula is C24H26N4O2S2. The van der Waals surface area contributed by atoms with Gasteiger partial charge < -0.3 is 20.6 Å². The van der Waals surface area contributed by atoms with Crippen molar-refractivity contribution in [2.24, 2.45) is 0 Å². The van der Waals surface area contributed by atoms with E-state index in [1.54, 1.807) is 14.1 Å². The molecule has 0 fully saturated rings. The number of aromatic nitrogens is 2. The van der Waals surface area contributed by atoms with Gasteiger partial charge in [-0.15, -0.1) is 0 Å². The second-order valence-corrected chi connectivity index (χ2v) is 10.2. The van der Waals surface area contributed by atoms with Gasteiger partial charge in [-0.3, -0.25) is 9.59 Å². The first-order valence-corrected chi connectivity index (χ1v) is 12.7. The zero-order chi connectivity index (χ0) is 22.5. The van der Waals surface area contributed by atoms with Crippen molar-refractivity contribution in [3.63, 3.8) is 0 Å². The van der Waals surface area contributed by atoms with E-state index < -0.39 is 0 Å². The van der Waals surface area contributed by atoms with Crippen molar-refractivity contribution in [2.45, 2.75) is 23.3 Å². The Kier molecular flexibility index (Phi) is 7.12. The average molecular weight is 467 g/mol. The lowest BCUT2D eigenvalue weighted by molar-refractivity contribution is -0.120. The number of carbonyl (C=O) groups is 2. The molecule has 0 saturated carbocycles. The molecule has 32 heavy (non-hydrogen) atoms. The molecule has 0 aliphatic heterocycles. The molecule has 4 aromatic rings. The number of rotatable bonds is 9. The van der Waals surface area contributed by atoms with Gasteiger partial charge in [-0.05, 0) is 36.1 Å². The minimum absolute atomic E-state index is 0.0458. The highest BCUT2D eigenvalue weighted by atomic mass is 33.1. The van der Waals surface area contributed by atoms with Crippen LogP contribution >= 0.6 is 21.6 Å². The van der Waals surface area contributed by atoms with E-state index in [1.807, 2.05) is 48.8 Å². The fourth-order valence-electron chi connectivity index (χ4n) is 3.80. The van der Waals surface area contributed by atoms with Gasteiger partial charge in [-0.1, -0.05) is 58.0 Å². The number of hydrogen-bond donors (Lipinski definition) is 4. The Bertz CT molecular complexity index is 1140. The van der Waals surface area contributed by atoms with Gasteiger partial charge in [0.25, 0.3) is 0 Å². The van der Waals surface area contributed by atoms with Crippen LogP contribution in [0.15, 0.2) is 60.9 Å². The van der Waals surface area contributed by atoms with Gasteiger partial charge in [-0.25, -0.2) is 0 Å². The van der Waals surface area contributed by atoms with Crippen molar-refractivity contribution in [3.8, 4) is 0 Å². The van der Waals surface area contributed by atoms with Crippen LogP contribution in [0.2, 0.25) is 0 Å². The maximum Gasteiger partial charge on any atom is 0.234 e. The van der Waals surface area contributed by atoms with Crippen molar-refractivity contribution in [3.05, 3.63) is 72.1 Å². The Morgan fingerprint density at radius 2 is 1.16 bits per heavy atom. The molecule has 4 N–H and O–H groups in total. The van der Waals surface area contributed by atoms with Crippen LogP contribution in [0.1, 0.15) is 11.1 Å². The fraction of sp³-hybridized carbons (Fsp3) is 0.250. The van der Waals surface area contributed by atoms with Crippen LogP contribution in [0.3, 0.4) is 0 Å². The van der Waals surface area contributed by atoms with Gasteiger partial charge >= 0.3 is 0 Å². The Balaban J connectivity index is 1.51. The summed E-state index contributed by atoms with van der Waals surface area (Å²) < 4.78 is 0. The monoisotopic (exact) mass is 466 g/mol. The second-order valence-electron chi connectivity index (χ2n) is 7.53. The Morgan fingerprint density at radius 1 is 0.750 bits per heavy atom. The number of benzene rings is 2. The second kappa shape index (κ2) is 10.2. The molecule has 6 nitrogen and oxygen atoms in total. The van der Waals surface area contributed by atoms with Crippen molar-refractivity contribution >= 4 is 55.2 Å². The predicted molar refractivity (Wildman–Crippen MR) is 135 cm³/mol. The van der Waals surface area contributed by atoms with E-state index in [4.69, 9.17) is 0 Å². The Labute approximate surface area is 194 Å². The summed E-state index contributed by atoms with van der Waals surface area (Å²) in [4.78, 5) is 31.9. The number of carbonyl (C=O) groups excluding carboxylic acids is 2. The van der Waals surface area contributed by atoms with Crippen molar-refractivity contribution in [2.75, 3.05) is 14.1 Å². The maximum absolute atomic E-state index is 12.7. The molecule has 0 saturated heterocycles. The van der Waals surface area contributed by atoms with E-state index >= 15 is 0 Å². The lowest BCUT2D eigenvalue weighted by atomic mass is 10.1. The summed E-state index contributed by atoms with van der Waals surface area (Å²) >= 11 is 0. The lowest BCUT2D eigenvalue weighted by Crippen LogP contribution is -2.33. The number of aromatic amines is 2. The molecular weight excluding hydrogens is 440 g/mol. The number of H-pyrrole nitrogens is 2. The first-order valence-electron chi connectivity index (χ1n) is 10.5. The van der Waals surface area contributed by atoms with E-state index in [9.17, 15) is 9.59 Å². The quantitative estimate of drug-likeness (QED) is 0.280. The number of para-hydroxylation sites is 2. The summed E-state index contributed by atoms with van der Waals surface area (Å²) in [6.07, 6.45) is 5.09. The molecule has 2 aromatic heterocycles. The summed E-state index contributed by atoms with van der Waals surface area (Å²) in [5.41, 5.74) is 4.29. The first kappa shape index (κ1) is 22.4. The van der Waals surface area contributed by atoms with E-state index in [0.717, 1.165) is 32.9 Å². The Hall–Kier alpha value is -2.84. The highest BCUT2D eigenvalue weighted by Crippen LogP contribution is 2.36. The molecule has 4 rings (SSSR count). The van der Waals surface area contributed by atoms with Crippen LogP contribution in [-0.4, -0.2) is 46.4 Å². The predicted octanol–water partition coefficient (Wildman–Crippen LogP) is 4.05. The molecule has 2 aromatic carbocycles. The van der Waals surface area contributed by atoms with Crippen LogP contribution in [0.25, 0.3) is 21.8 Å². The lowest BCUT2D eigenvalue weighted by Gasteiger charge is -2.19. The topological polar surface area (TPSA) is 89.8 Å². The van der Waals surface area contributed by atoms with Crippen LogP contribution in [0, 0.1) is 0 Å². The molecule has 8 heteroatoms.